The quantitative estimate of drug-likeness (QED) is 0.502. The molecule has 3 aromatic heterocycles. The van der Waals surface area contributed by atoms with Crippen LogP contribution in [-0.2, 0) is 20.0 Å². The number of benzene rings is 1. The van der Waals surface area contributed by atoms with Crippen LogP contribution in [0.3, 0.4) is 0 Å². The smallest absolute Gasteiger partial charge is 0.166 e. The lowest BCUT2D eigenvalue weighted by Crippen LogP contribution is -2.13. The second kappa shape index (κ2) is 7.40. The largest absolute Gasteiger partial charge is 0.482 e. The Balaban J connectivity index is 1.61. The third-order valence-corrected chi connectivity index (χ3v) is 6.50. The van der Waals surface area contributed by atoms with Gasteiger partial charge in [0.25, 0.3) is 0 Å². The van der Waals surface area contributed by atoms with Crippen LogP contribution in [0.5, 0.6) is 5.75 Å². The van der Waals surface area contributed by atoms with Gasteiger partial charge in [-0.1, -0.05) is 0 Å². The summed E-state index contributed by atoms with van der Waals surface area (Å²) in [4.78, 5) is 8.93. The maximum absolute atomic E-state index is 14.2. The van der Waals surface area contributed by atoms with Gasteiger partial charge in [0.2, 0.25) is 0 Å². The van der Waals surface area contributed by atoms with Crippen LogP contribution in [0, 0.1) is 11.7 Å². The summed E-state index contributed by atoms with van der Waals surface area (Å²) in [6, 6.07) is 6.54. The molecule has 1 saturated carbocycles. The van der Waals surface area contributed by atoms with E-state index in [1.165, 1.54) is 31.3 Å². The minimum atomic E-state index is -0.487. The van der Waals surface area contributed by atoms with Crippen LogP contribution in [0.2, 0.25) is 0 Å². The van der Waals surface area contributed by atoms with Crippen LogP contribution in [0.15, 0.2) is 36.8 Å². The fourth-order valence-corrected chi connectivity index (χ4v) is 4.62. The molecule has 1 aliphatic heterocycles. The molecule has 0 amide bonds. The summed E-state index contributed by atoms with van der Waals surface area (Å²) >= 11 is 0. The van der Waals surface area contributed by atoms with E-state index in [0.717, 1.165) is 34.5 Å². The summed E-state index contributed by atoms with van der Waals surface area (Å²) in [6.45, 7) is 2.33. The summed E-state index contributed by atoms with van der Waals surface area (Å²) in [5, 5.41) is 9.37. The monoisotopic (exact) mass is 445 g/mol. The molecule has 168 valence electrons. The molecule has 1 atom stereocenters. The second-order valence-electron chi connectivity index (χ2n) is 8.88. The fraction of sp³-hybridized carbons (Fsp3) is 0.333. The molecule has 1 aliphatic carbocycles. The van der Waals surface area contributed by atoms with Gasteiger partial charge in [-0.2, -0.15) is 10.2 Å². The molecule has 9 heteroatoms. The predicted octanol–water partition coefficient (Wildman–Crippen LogP) is 3.92. The van der Waals surface area contributed by atoms with Gasteiger partial charge in [0.1, 0.15) is 18.2 Å². The van der Waals surface area contributed by atoms with Crippen molar-refractivity contribution in [2.75, 3.05) is 5.73 Å². The number of anilines is 1. The van der Waals surface area contributed by atoms with E-state index in [-0.39, 0.29) is 11.6 Å². The maximum atomic E-state index is 14.2. The van der Waals surface area contributed by atoms with Gasteiger partial charge >= 0.3 is 0 Å². The number of pyridine rings is 1. The number of hydrogen-bond donors (Lipinski definition) is 1. The zero-order valence-corrected chi connectivity index (χ0v) is 18.5. The lowest BCUT2D eigenvalue weighted by Gasteiger charge is -2.21. The molecule has 0 spiro atoms. The molecular weight excluding hydrogens is 421 g/mol. The van der Waals surface area contributed by atoms with Gasteiger partial charge in [0.15, 0.2) is 17.4 Å². The van der Waals surface area contributed by atoms with Crippen molar-refractivity contribution in [2.24, 2.45) is 13.0 Å². The van der Waals surface area contributed by atoms with E-state index in [9.17, 15) is 4.39 Å². The number of nitrogens with zero attached hydrogens (tertiary/aromatic N) is 6. The van der Waals surface area contributed by atoms with Crippen molar-refractivity contribution >= 4 is 5.82 Å². The van der Waals surface area contributed by atoms with Crippen molar-refractivity contribution in [3.8, 4) is 28.3 Å². The number of ether oxygens (including phenoxy) is 1. The van der Waals surface area contributed by atoms with Gasteiger partial charge in [0, 0.05) is 35.5 Å². The van der Waals surface area contributed by atoms with Crippen molar-refractivity contribution in [1.29, 1.82) is 0 Å². The van der Waals surface area contributed by atoms with Gasteiger partial charge in [-0.15, -0.1) is 0 Å². The lowest BCUT2D eigenvalue weighted by molar-refractivity contribution is 0.227. The van der Waals surface area contributed by atoms with Crippen LogP contribution in [0.4, 0.5) is 10.2 Å². The van der Waals surface area contributed by atoms with Gasteiger partial charge in [-0.3, -0.25) is 4.68 Å². The summed E-state index contributed by atoms with van der Waals surface area (Å²) in [7, 11) is 1.95. The topological polar surface area (TPSA) is 96.7 Å². The Kier molecular flexibility index (Phi) is 4.46. The van der Waals surface area contributed by atoms with Gasteiger partial charge < -0.3 is 10.5 Å². The highest BCUT2D eigenvalue weighted by Gasteiger charge is 2.29. The Bertz CT molecular complexity index is 1370. The number of rotatable bonds is 2. The minimum absolute atomic E-state index is 0.290. The molecule has 0 radical (unpaired) electrons. The predicted molar refractivity (Wildman–Crippen MR) is 121 cm³/mol. The number of hydrogen-bond acceptors (Lipinski definition) is 6. The van der Waals surface area contributed by atoms with Crippen LogP contribution < -0.4 is 10.5 Å². The lowest BCUT2D eigenvalue weighted by atomic mass is 9.99. The third kappa shape index (κ3) is 3.44. The average molecular weight is 446 g/mol. The van der Waals surface area contributed by atoms with E-state index < -0.39 is 6.10 Å². The molecule has 8 nitrogen and oxygen atoms in total. The van der Waals surface area contributed by atoms with Gasteiger partial charge in [-0.05, 0) is 56.4 Å². The first-order valence-corrected chi connectivity index (χ1v) is 11.1. The van der Waals surface area contributed by atoms with Crippen molar-refractivity contribution in [1.82, 2.24) is 29.5 Å². The van der Waals surface area contributed by atoms with E-state index in [1.807, 2.05) is 29.4 Å². The molecule has 1 fully saturated rings. The van der Waals surface area contributed by atoms with E-state index in [4.69, 9.17) is 15.6 Å². The summed E-state index contributed by atoms with van der Waals surface area (Å²) in [6.07, 6.45) is 6.20. The summed E-state index contributed by atoms with van der Waals surface area (Å²) < 4.78 is 24.2. The van der Waals surface area contributed by atoms with Gasteiger partial charge in [0.05, 0.1) is 17.9 Å². The zero-order chi connectivity index (χ0) is 22.7. The van der Waals surface area contributed by atoms with Crippen molar-refractivity contribution in [3.05, 3.63) is 59.6 Å². The average Bonchev–Trinajstić information content (AvgIpc) is 3.40. The van der Waals surface area contributed by atoms with Crippen molar-refractivity contribution in [2.45, 2.75) is 38.8 Å². The van der Waals surface area contributed by atoms with E-state index in [0.29, 0.717) is 29.6 Å². The molecule has 33 heavy (non-hydrogen) atoms. The normalized spacial score (nSPS) is 17.2. The highest BCUT2D eigenvalue weighted by Crippen LogP contribution is 2.40. The van der Waals surface area contributed by atoms with Crippen LogP contribution in [0.25, 0.3) is 22.5 Å². The maximum Gasteiger partial charge on any atom is 0.166 e. The van der Waals surface area contributed by atoms with Crippen molar-refractivity contribution in [3.63, 3.8) is 0 Å². The van der Waals surface area contributed by atoms with Crippen LogP contribution in [-0.4, -0.2) is 29.5 Å². The molecule has 2 bridgehead atoms. The molecule has 4 aromatic rings. The summed E-state index contributed by atoms with van der Waals surface area (Å²) in [5.41, 5.74) is 11.6. The molecule has 0 saturated heterocycles. The fourth-order valence-electron chi connectivity index (χ4n) is 4.62. The highest BCUT2D eigenvalue weighted by atomic mass is 19.1. The first-order valence-electron chi connectivity index (χ1n) is 11.1. The molecule has 2 N–H and O–H groups in total. The number of aryl methyl sites for hydroxylation is 1. The zero-order valence-electron chi connectivity index (χ0n) is 18.5. The number of halogens is 1. The SMILES string of the molecule is C[C@H]1Oc2cc(cnc2N)-c2c(CC3CC3)nn(C)c2Cn2ncnc2-c2ccc(F)cc21. The Labute approximate surface area is 190 Å². The first kappa shape index (κ1) is 19.9. The Morgan fingerprint density at radius 3 is 2.88 bits per heavy atom. The molecule has 2 aliphatic rings. The molecule has 4 heterocycles. The molecule has 1 aromatic carbocycles. The molecule has 0 unspecified atom stereocenters. The second-order valence-corrected chi connectivity index (χ2v) is 8.88. The Morgan fingerprint density at radius 1 is 1.21 bits per heavy atom. The highest BCUT2D eigenvalue weighted by molar-refractivity contribution is 5.72. The standard InChI is InChI=1S/C24H24FN7O/c1-13-18-9-16(25)5-6-17(18)24-28-12-29-32(24)11-20-22(15-8-21(33-13)23(26)27-10-15)19(30-31(20)2)7-14-3-4-14/h5-6,8-10,12-14H,3-4,7,11H2,1-2H3,(H2,26,27)/t13-/m1/s1. The van der Waals surface area contributed by atoms with E-state index in [2.05, 4.69) is 15.1 Å². The summed E-state index contributed by atoms with van der Waals surface area (Å²) in [5.74, 6) is 1.72. The number of nitrogens with two attached hydrogens (primary N) is 1. The Hall–Kier alpha value is -3.75. The minimum Gasteiger partial charge on any atom is -0.482 e. The number of fused-ring (bicyclic) bond motifs is 7. The number of nitrogen functional groups attached to an aromatic ring is 1. The Morgan fingerprint density at radius 2 is 2.06 bits per heavy atom. The van der Waals surface area contributed by atoms with Crippen molar-refractivity contribution < 1.29 is 9.13 Å². The molecule has 6 rings (SSSR count). The third-order valence-electron chi connectivity index (χ3n) is 6.50. The van der Waals surface area contributed by atoms with Gasteiger partial charge in [-0.25, -0.2) is 19.0 Å². The van der Waals surface area contributed by atoms with E-state index in [1.54, 1.807) is 12.3 Å². The van der Waals surface area contributed by atoms with Crippen LogP contribution >= 0.6 is 0 Å². The van der Waals surface area contributed by atoms with Crippen LogP contribution in [0.1, 0.15) is 42.8 Å². The van der Waals surface area contributed by atoms with E-state index >= 15 is 0 Å². The molecular formula is C24H24FN7O. The first-order chi connectivity index (χ1) is 16.0. The number of aromatic nitrogens is 6.